The topological polar surface area (TPSA) is 348 Å². The Morgan fingerprint density at radius 2 is 0.849 bits per heavy atom. The number of hydrogen-bond acceptors (Lipinski definition) is 23. The number of nitrogens with one attached hydrogen (secondary N) is 3. The quantitative estimate of drug-likeness (QED) is 0.0561. The van der Waals surface area contributed by atoms with Crippen LogP contribution < -0.4 is 48.8 Å². The van der Waals surface area contributed by atoms with Crippen LogP contribution in [0.2, 0.25) is 0 Å². The number of ether oxygens (including phenoxy) is 1. The summed E-state index contributed by atoms with van der Waals surface area (Å²) in [6, 6.07) is 49.9. The lowest BCUT2D eigenvalue weighted by Gasteiger charge is -2.21. The zero-order chi connectivity index (χ0) is 74.1. The lowest BCUT2D eigenvalue weighted by atomic mass is 10.0. The van der Waals surface area contributed by atoms with Gasteiger partial charge in [0.2, 0.25) is 17.6 Å². The lowest BCUT2D eigenvalue weighted by molar-refractivity contribution is 0.380. The molecule has 0 saturated carbocycles. The number of rotatable bonds is 16. The van der Waals surface area contributed by atoms with Crippen LogP contribution in [0.3, 0.4) is 0 Å². The Labute approximate surface area is 606 Å². The van der Waals surface area contributed by atoms with Crippen molar-refractivity contribution in [1.82, 2.24) is 83.7 Å². The molecule has 27 nitrogen and oxygen atoms in total. The fraction of sp³-hybridized carbons (Fsp3) is 0.139. The summed E-state index contributed by atoms with van der Waals surface area (Å²) in [6.07, 6.45) is 13.0. The van der Waals surface area contributed by atoms with Crippen LogP contribution in [0, 0.1) is 34.3 Å². The van der Waals surface area contributed by atoms with E-state index in [1.165, 1.54) is 13.3 Å². The smallest absolute Gasteiger partial charge is 0.316 e. The molecule has 6 aromatic carbocycles. The van der Waals surface area contributed by atoms with Gasteiger partial charge >= 0.3 is 6.01 Å². The second kappa shape index (κ2) is 30.8. The molecule has 0 radical (unpaired) electrons. The number of fused-ring (bicyclic) bond motifs is 3. The van der Waals surface area contributed by atoms with E-state index in [0.717, 1.165) is 44.8 Å². The summed E-state index contributed by atoms with van der Waals surface area (Å²) in [7, 11) is 1.50. The van der Waals surface area contributed by atoms with Crippen molar-refractivity contribution in [2.24, 2.45) is 0 Å². The molecule has 0 aliphatic heterocycles. The van der Waals surface area contributed by atoms with Crippen LogP contribution >= 0.6 is 0 Å². The van der Waals surface area contributed by atoms with Crippen LogP contribution in [0.4, 0.5) is 35.0 Å². The van der Waals surface area contributed by atoms with Crippen molar-refractivity contribution in [2.45, 2.75) is 66.6 Å². The van der Waals surface area contributed by atoms with E-state index >= 15 is 0 Å². The minimum atomic E-state index is -0.451. The maximum atomic E-state index is 14.1. The molecule has 15 aromatic rings. The van der Waals surface area contributed by atoms with Gasteiger partial charge in [-0.15, -0.1) is 0 Å². The van der Waals surface area contributed by atoms with Gasteiger partial charge in [0.05, 0.1) is 94.0 Å². The zero-order valence-electron chi connectivity index (χ0n) is 58.8. The molecule has 106 heavy (non-hydrogen) atoms. The second-order valence-corrected chi connectivity index (χ2v) is 24.6. The number of hydrogen-bond donors (Lipinski definition) is 5. The third-order valence-corrected chi connectivity index (χ3v) is 17.3. The highest BCUT2D eigenvalue weighted by Gasteiger charge is 2.26. The summed E-state index contributed by atoms with van der Waals surface area (Å²) >= 11 is 0. The fourth-order valence-electron chi connectivity index (χ4n) is 12.2. The molecular formula is C79H69N23O4. The van der Waals surface area contributed by atoms with Crippen molar-refractivity contribution in [3.8, 4) is 56.5 Å². The normalized spacial score (nSPS) is 11.8. The van der Waals surface area contributed by atoms with E-state index in [0.29, 0.717) is 102 Å². The largest absolute Gasteiger partial charge is 0.467 e. The number of aromatic nitrogens is 17. The molecule has 0 amide bonds. The van der Waals surface area contributed by atoms with Gasteiger partial charge in [-0.1, -0.05) is 91.0 Å². The number of benzene rings is 6. The second-order valence-electron chi connectivity index (χ2n) is 24.6. The maximum Gasteiger partial charge on any atom is 0.316 e. The number of para-hydroxylation sites is 3. The Balaban J connectivity index is 0.000000141. The molecule has 0 unspecified atom stereocenters. The Kier molecular flexibility index (Phi) is 20.4. The summed E-state index contributed by atoms with van der Waals surface area (Å²) in [5.74, 6) is 4.02. The Morgan fingerprint density at radius 3 is 1.26 bits per heavy atom. The Hall–Kier alpha value is -14.4. The van der Waals surface area contributed by atoms with E-state index in [1.807, 2.05) is 205 Å². The summed E-state index contributed by atoms with van der Waals surface area (Å²) in [5, 5.41) is 19.3. The van der Waals surface area contributed by atoms with Gasteiger partial charge in [-0.2, -0.15) is 20.2 Å². The molecule has 27 heteroatoms. The first-order valence-corrected chi connectivity index (χ1v) is 33.5. The van der Waals surface area contributed by atoms with E-state index in [1.54, 1.807) is 64.0 Å². The molecule has 524 valence electrons. The first-order chi connectivity index (χ1) is 51.4. The summed E-state index contributed by atoms with van der Waals surface area (Å²) in [6.45, 7) is 20.7. The molecule has 15 rings (SSSR count). The monoisotopic (exact) mass is 1400 g/mol. The zero-order valence-corrected chi connectivity index (χ0v) is 58.8. The predicted molar refractivity (Wildman–Crippen MR) is 410 cm³/mol. The third kappa shape index (κ3) is 14.7. The maximum absolute atomic E-state index is 14.1. The minimum absolute atomic E-state index is 0.145. The van der Waals surface area contributed by atoms with Gasteiger partial charge in [0, 0.05) is 65.1 Å². The van der Waals surface area contributed by atoms with Crippen molar-refractivity contribution in [2.75, 3.05) is 34.5 Å². The molecule has 0 bridgehead atoms. The number of aryl methyl sites for hydroxylation is 4. The van der Waals surface area contributed by atoms with Crippen LogP contribution in [0.25, 0.3) is 88.0 Å². The van der Waals surface area contributed by atoms with Gasteiger partial charge in [-0.05, 0) is 144 Å². The van der Waals surface area contributed by atoms with Crippen LogP contribution in [0.1, 0.15) is 79.0 Å². The number of anilines is 5. The van der Waals surface area contributed by atoms with Gasteiger partial charge in [-0.25, -0.2) is 44.7 Å². The van der Waals surface area contributed by atoms with E-state index < -0.39 is 6.04 Å². The van der Waals surface area contributed by atoms with Gasteiger partial charge in [0.15, 0.2) is 0 Å². The molecule has 9 heterocycles. The minimum Gasteiger partial charge on any atom is -0.467 e. The van der Waals surface area contributed by atoms with Crippen LogP contribution in [0.5, 0.6) is 6.01 Å². The highest BCUT2D eigenvalue weighted by Crippen LogP contribution is 2.34. The van der Waals surface area contributed by atoms with E-state index in [2.05, 4.69) is 75.8 Å². The average Bonchev–Trinajstić information content (AvgIpc) is 0.762. The summed E-state index contributed by atoms with van der Waals surface area (Å²) in [5.41, 5.74) is 22.4. The SMILES string of the molecule is COc1ncc(-c2cccc3nc([C@H](C)Nc4nc(N)ncc4C)n(-c4ccccc4)c(=O)c23)cn1.Cc1cc(-c2cccc3nc([C@H](C)Nc4nc(N)ncc4C)n(-c4ccccc4)c(=O)c23)ccn1.[C-]#[N+]c1cnc(C)nc1N[C@@H](C)c1nc2cccc(-c3ccnnc3)c2c(=O)n1-c1ccccc1. The Bertz CT molecular complexity index is 5980. The first-order valence-electron chi connectivity index (χ1n) is 33.5. The highest BCUT2D eigenvalue weighted by molar-refractivity contribution is 5.96. The summed E-state index contributed by atoms with van der Waals surface area (Å²) < 4.78 is 9.96. The van der Waals surface area contributed by atoms with Crippen LogP contribution in [-0.4, -0.2) is 90.8 Å². The Morgan fingerprint density at radius 1 is 0.425 bits per heavy atom. The first kappa shape index (κ1) is 70.0. The molecule has 9 aromatic heterocycles. The number of nitrogens with zero attached hydrogens (tertiary/aromatic N) is 18. The molecule has 7 N–H and O–H groups in total. The van der Waals surface area contributed by atoms with Crippen molar-refractivity contribution in [3.05, 3.63) is 296 Å². The van der Waals surface area contributed by atoms with Crippen molar-refractivity contribution in [3.63, 3.8) is 0 Å². The summed E-state index contributed by atoms with van der Waals surface area (Å²) in [4.78, 5) is 98.6. The number of pyridine rings is 1. The third-order valence-electron chi connectivity index (χ3n) is 17.3. The fourth-order valence-corrected chi connectivity index (χ4v) is 12.2. The molecule has 0 saturated heterocycles. The van der Waals surface area contributed by atoms with Gasteiger partial charge in [0.1, 0.15) is 40.8 Å². The van der Waals surface area contributed by atoms with Gasteiger partial charge < -0.3 is 32.2 Å². The van der Waals surface area contributed by atoms with Crippen molar-refractivity contribution in [1.29, 1.82) is 0 Å². The molecular weight excluding hydrogens is 1340 g/mol. The standard InChI is InChI=1S/C27H25N7O.C26H24N8O2.C26H20N8O/c1-16-15-30-27(28)33-24(16)31-18(3)25-32-22-11-7-10-21(19-12-13-29-17(2)14-19)23(22)26(35)34(25)20-8-5-4-6-9-20;1-15-12-28-25(27)33-22(15)31-16(2)23-32-20-11-7-10-19(17-13-29-26(36-3)30-14-17)21(20)24(35)34(23)18-8-5-4-6-9-18;1-16(31-24-22(27-3)15-28-17(2)32-24)25-33-21-11-7-10-20(18-12-13-29-30-14-18)23(21)26(35)34(25)19-8-5-4-6-9-19/h4-15,18H,1-3H3,(H3,28,30,31,33);4-14,16H,1-3H3,(H3,27,28,31,33);4-16H,1-2H3,(H,28,31,32)/t18-;2*16-/m000/s1. The van der Waals surface area contributed by atoms with Crippen molar-refractivity contribution < 1.29 is 4.74 Å². The number of methoxy groups -OCH3 is 1. The number of nitrogens with two attached hydrogens (primary N) is 2. The molecule has 0 aliphatic rings. The van der Waals surface area contributed by atoms with Crippen LogP contribution in [0.15, 0.2) is 228 Å². The van der Waals surface area contributed by atoms with Crippen molar-refractivity contribution >= 4 is 67.7 Å². The molecule has 3 atom stereocenters. The van der Waals surface area contributed by atoms with Gasteiger partial charge in [0.25, 0.3) is 16.7 Å². The van der Waals surface area contributed by atoms with E-state index in [9.17, 15) is 14.4 Å². The van der Waals surface area contributed by atoms with Crippen LogP contribution in [-0.2, 0) is 0 Å². The average molecular weight is 1400 g/mol. The highest BCUT2D eigenvalue weighted by atomic mass is 16.5. The molecule has 0 aliphatic carbocycles. The molecule has 0 fully saturated rings. The predicted octanol–water partition coefficient (Wildman–Crippen LogP) is 13.0. The molecule has 0 spiro atoms. The van der Waals surface area contributed by atoms with Gasteiger partial charge in [-0.3, -0.25) is 38.1 Å². The number of nitrogen functional groups attached to an aromatic ring is 2. The lowest BCUT2D eigenvalue weighted by Crippen LogP contribution is -2.28. The van der Waals surface area contributed by atoms with E-state index in [-0.39, 0.29) is 46.7 Å². The van der Waals surface area contributed by atoms with E-state index in [4.69, 9.17) is 37.7 Å².